The molecule has 4 nitrogen and oxygen atoms in total. The summed E-state index contributed by atoms with van der Waals surface area (Å²) >= 11 is 0. The van der Waals surface area contributed by atoms with Gasteiger partial charge >= 0.3 is 0 Å². The number of fused-ring (bicyclic) bond motifs is 1. The number of hydrogen-bond donors (Lipinski definition) is 1. The first-order valence-electron chi connectivity index (χ1n) is 7.37. The Morgan fingerprint density at radius 2 is 1.80 bits per heavy atom. The first kappa shape index (κ1) is 13.9. The van der Waals surface area contributed by atoms with E-state index in [1.54, 1.807) is 0 Å². The summed E-state index contributed by atoms with van der Waals surface area (Å²) in [6.07, 6.45) is -0.513. The summed E-state index contributed by atoms with van der Waals surface area (Å²) in [5.41, 5.74) is 0.561. The van der Waals surface area contributed by atoms with Gasteiger partial charge in [-0.25, -0.2) is 0 Å². The van der Waals surface area contributed by atoms with Crippen LogP contribution in [0.1, 0.15) is 25.5 Å². The lowest BCUT2D eigenvalue weighted by molar-refractivity contribution is -0.0988. The van der Waals surface area contributed by atoms with Gasteiger partial charge < -0.3 is 14.7 Å². The van der Waals surface area contributed by atoms with E-state index in [-0.39, 0.29) is 6.04 Å². The van der Waals surface area contributed by atoms with Crippen molar-refractivity contribution in [2.45, 2.75) is 31.6 Å². The number of nitrogens with zero attached hydrogens (tertiary/aromatic N) is 2. The van der Waals surface area contributed by atoms with E-state index in [0.29, 0.717) is 0 Å². The van der Waals surface area contributed by atoms with Crippen molar-refractivity contribution in [3.8, 4) is 5.75 Å². The number of rotatable bonds is 1. The summed E-state index contributed by atoms with van der Waals surface area (Å²) in [5, 5.41) is 10.8. The highest BCUT2D eigenvalue weighted by atomic mass is 16.5. The normalized spacial score (nSPS) is 30.6. The van der Waals surface area contributed by atoms with Gasteiger partial charge in [-0.2, -0.15) is 0 Å². The van der Waals surface area contributed by atoms with Gasteiger partial charge in [-0.3, -0.25) is 4.90 Å². The zero-order valence-electron chi connectivity index (χ0n) is 12.5. The summed E-state index contributed by atoms with van der Waals surface area (Å²) in [4.78, 5) is 4.73. The van der Waals surface area contributed by atoms with Crippen LogP contribution in [-0.4, -0.2) is 59.8 Å². The number of likely N-dealkylation sites (N-methyl/N-ethyl adjacent to an activating group) is 1. The topological polar surface area (TPSA) is 35.9 Å². The number of aliphatic hydroxyl groups excluding tert-OH is 1. The highest BCUT2D eigenvalue weighted by molar-refractivity contribution is 5.40. The van der Waals surface area contributed by atoms with Gasteiger partial charge in [0.25, 0.3) is 0 Å². The van der Waals surface area contributed by atoms with E-state index < -0.39 is 11.7 Å². The maximum absolute atomic E-state index is 10.8. The lowest BCUT2D eigenvalue weighted by atomic mass is 9.85. The molecule has 0 amide bonds. The van der Waals surface area contributed by atoms with Crippen molar-refractivity contribution in [2.24, 2.45) is 0 Å². The molecular formula is C16H24N2O2. The third-order valence-electron chi connectivity index (χ3n) is 4.55. The Balaban J connectivity index is 1.95. The van der Waals surface area contributed by atoms with Gasteiger partial charge in [0.15, 0.2) is 0 Å². The zero-order chi connectivity index (χ0) is 14.3. The Morgan fingerprint density at radius 1 is 1.15 bits per heavy atom. The molecule has 1 fully saturated rings. The van der Waals surface area contributed by atoms with Crippen LogP contribution < -0.4 is 4.74 Å². The molecule has 0 bridgehead atoms. The molecule has 0 unspecified atom stereocenters. The maximum Gasteiger partial charge on any atom is 0.131 e. The molecule has 1 saturated heterocycles. The fourth-order valence-electron chi connectivity index (χ4n) is 3.21. The minimum atomic E-state index is -0.553. The molecule has 20 heavy (non-hydrogen) atoms. The molecule has 2 atom stereocenters. The van der Waals surface area contributed by atoms with Crippen LogP contribution in [0.25, 0.3) is 0 Å². The second-order valence-corrected chi connectivity index (χ2v) is 6.47. The molecule has 4 heteroatoms. The lowest BCUT2D eigenvalue weighted by Crippen LogP contribution is -2.56. The van der Waals surface area contributed by atoms with E-state index in [2.05, 4.69) is 22.9 Å². The fraction of sp³-hybridized carbons (Fsp3) is 0.625. The number of para-hydroxylation sites is 1. The number of ether oxygens (including phenoxy) is 1. The van der Waals surface area contributed by atoms with E-state index in [1.807, 2.05) is 32.0 Å². The number of aliphatic hydroxyl groups is 1. The van der Waals surface area contributed by atoms with E-state index >= 15 is 0 Å². The fourth-order valence-corrected chi connectivity index (χ4v) is 3.21. The molecule has 3 rings (SSSR count). The molecule has 0 aromatic heterocycles. The molecule has 0 saturated carbocycles. The molecule has 0 aliphatic carbocycles. The maximum atomic E-state index is 10.8. The van der Waals surface area contributed by atoms with Crippen LogP contribution in [0.4, 0.5) is 0 Å². The van der Waals surface area contributed by atoms with Crippen molar-refractivity contribution >= 4 is 0 Å². The highest BCUT2D eigenvalue weighted by Gasteiger charge is 2.45. The summed E-state index contributed by atoms with van der Waals surface area (Å²) in [5.74, 6) is 0.909. The van der Waals surface area contributed by atoms with Crippen molar-refractivity contribution in [1.82, 2.24) is 9.80 Å². The van der Waals surface area contributed by atoms with Crippen molar-refractivity contribution in [1.29, 1.82) is 0 Å². The Hall–Kier alpha value is -1.10. The van der Waals surface area contributed by atoms with Crippen molar-refractivity contribution < 1.29 is 9.84 Å². The molecule has 1 aromatic carbocycles. The minimum absolute atomic E-state index is 0.0312. The van der Waals surface area contributed by atoms with E-state index in [0.717, 1.165) is 37.5 Å². The van der Waals surface area contributed by atoms with Gasteiger partial charge in [0.05, 0.1) is 6.04 Å². The Kier molecular flexibility index (Phi) is 3.48. The predicted octanol–water partition coefficient (Wildman–Crippen LogP) is 1.51. The molecule has 2 aliphatic heterocycles. The average molecular weight is 276 g/mol. The van der Waals surface area contributed by atoms with Crippen molar-refractivity contribution in [3.05, 3.63) is 29.8 Å². The van der Waals surface area contributed by atoms with Gasteiger partial charge in [0.2, 0.25) is 0 Å². The monoisotopic (exact) mass is 276 g/mol. The predicted molar refractivity (Wildman–Crippen MR) is 79.0 cm³/mol. The van der Waals surface area contributed by atoms with Crippen LogP contribution in [0.15, 0.2) is 24.3 Å². The smallest absolute Gasteiger partial charge is 0.131 e. The van der Waals surface area contributed by atoms with Gasteiger partial charge in [-0.05, 0) is 27.0 Å². The zero-order valence-corrected chi connectivity index (χ0v) is 12.5. The first-order chi connectivity index (χ1) is 9.49. The summed E-state index contributed by atoms with van der Waals surface area (Å²) in [6, 6.07) is 8.14. The second kappa shape index (κ2) is 5.02. The van der Waals surface area contributed by atoms with Crippen molar-refractivity contribution in [3.63, 3.8) is 0 Å². The van der Waals surface area contributed by atoms with Gasteiger partial charge in [-0.1, -0.05) is 18.2 Å². The number of piperazine rings is 1. The van der Waals surface area contributed by atoms with Crippen LogP contribution in [-0.2, 0) is 0 Å². The third-order valence-corrected chi connectivity index (χ3v) is 4.55. The summed E-state index contributed by atoms with van der Waals surface area (Å²) in [7, 11) is 2.15. The quantitative estimate of drug-likeness (QED) is 0.843. The highest BCUT2D eigenvalue weighted by Crippen LogP contribution is 2.42. The SMILES string of the molecule is CN1CCN([C@@H]2c3ccccc3OC(C)(C)[C@@H]2O)CC1. The van der Waals surface area contributed by atoms with Crippen LogP contribution in [0.3, 0.4) is 0 Å². The molecule has 0 radical (unpaired) electrons. The summed E-state index contributed by atoms with van der Waals surface area (Å²) < 4.78 is 5.99. The molecule has 110 valence electrons. The Morgan fingerprint density at radius 3 is 2.50 bits per heavy atom. The Bertz CT molecular complexity index is 481. The van der Waals surface area contributed by atoms with Gasteiger partial charge in [-0.15, -0.1) is 0 Å². The molecule has 1 aromatic rings. The van der Waals surface area contributed by atoms with E-state index in [9.17, 15) is 5.11 Å². The molecule has 2 aliphatic rings. The average Bonchev–Trinajstić information content (AvgIpc) is 2.41. The summed E-state index contributed by atoms with van der Waals surface area (Å²) in [6.45, 7) is 8.01. The van der Waals surface area contributed by atoms with Crippen LogP contribution in [0.5, 0.6) is 5.75 Å². The van der Waals surface area contributed by atoms with E-state index in [4.69, 9.17) is 4.74 Å². The molecule has 2 heterocycles. The van der Waals surface area contributed by atoms with Crippen LogP contribution in [0.2, 0.25) is 0 Å². The van der Waals surface area contributed by atoms with Crippen LogP contribution >= 0.6 is 0 Å². The molecular weight excluding hydrogens is 252 g/mol. The third kappa shape index (κ3) is 2.32. The number of hydrogen-bond acceptors (Lipinski definition) is 4. The largest absolute Gasteiger partial charge is 0.485 e. The molecule has 0 spiro atoms. The lowest BCUT2D eigenvalue weighted by Gasteiger charge is -2.48. The first-order valence-corrected chi connectivity index (χ1v) is 7.37. The Labute approximate surface area is 120 Å². The standard InChI is InChI=1S/C16H24N2O2/c1-16(2)15(19)14(18-10-8-17(3)9-11-18)12-6-4-5-7-13(12)20-16/h4-7,14-15,19H,8-11H2,1-3H3/t14-,15-/m1/s1. The van der Waals surface area contributed by atoms with Gasteiger partial charge in [0.1, 0.15) is 17.5 Å². The minimum Gasteiger partial charge on any atom is -0.485 e. The van der Waals surface area contributed by atoms with Gasteiger partial charge in [0, 0.05) is 31.7 Å². The number of benzene rings is 1. The second-order valence-electron chi connectivity index (χ2n) is 6.47. The molecule has 1 N–H and O–H groups in total. The van der Waals surface area contributed by atoms with E-state index in [1.165, 1.54) is 0 Å². The van der Waals surface area contributed by atoms with Crippen LogP contribution in [0, 0.1) is 0 Å². The van der Waals surface area contributed by atoms with Crippen molar-refractivity contribution in [2.75, 3.05) is 33.2 Å².